The number of fused-ring (bicyclic) bond motifs is 1. The number of aliphatic hydroxyl groups is 1. The van der Waals surface area contributed by atoms with Gasteiger partial charge in [0.2, 0.25) is 0 Å². The summed E-state index contributed by atoms with van der Waals surface area (Å²) in [5, 5.41) is 10.6. The fraction of sp³-hybridized carbons (Fsp3) is 0.348. The van der Waals surface area contributed by atoms with Crippen LogP contribution >= 0.6 is 0 Å². The highest BCUT2D eigenvalue weighted by Crippen LogP contribution is 2.31. The zero-order valence-corrected chi connectivity index (χ0v) is 16.3. The number of aryl methyl sites for hydroxylation is 2. The summed E-state index contributed by atoms with van der Waals surface area (Å²) in [5.74, 6) is 0.203. The summed E-state index contributed by atoms with van der Waals surface area (Å²) in [6, 6.07) is 15.3. The van der Waals surface area contributed by atoms with Crippen LogP contribution in [-0.2, 0) is 0 Å². The van der Waals surface area contributed by atoms with Crippen molar-refractivity contribution in [2.24, 2.45) is 5.92 Å². The Morgan fingerprint density at radius 1 is 1.00 bits per heavy atom. The van der Waals surface area contributed by atoms with Crippen molar-refractivity contribution in [3.8, 4) is 0 Å². The van der Waals surface area contributed by atoms with E-state index >= 15 is 0 Å². The number of hydrogen-bond acceptors (Lipinski definition) is 4. The van der Waals surface area contributed by atoms with Gasteiger partial charge in [0.15, 0.2) is 0 Å². The van der Waals surface area contributed by atoms with Crippen LogP contribution < -0.4 is 0 Å². The smallest absolute Gasteiger partial charge is 0.253 e. The molecule has 144 valence electrons. The van der Waals surface area contributed by atoms with E-state index in [1.54, 1.807) is 0 Å². The lowest BCUT2D eigenvalue weighted by Gasteiger charge is -2.34. The van der Waals surface area contributed by atoms with E-state index in [1.807, 2.05) is 67.3 Å². The third-order valence-corrected chi connectivity index (χ3v) is 5.74. The monoisotopic (exact) mass is 375 g/mol. The molecule has 3 aromatic rings. The van der Waals surface area contributed by atoms with Crippen molar-refractivity contribution in [1.82, 2.24) is 14.9 Å². The fourth-order valence-corrected chi connectivity index (χ4v) is 3.89. The third-order valence-electron chi connectivity index (χ3n) is 5.74. The topological polar surface area (TPSA) is 66.3 Å². The van der Waals surface area contributed by atoms with Crippen LogP contribution in [0.25, 0.3) is 11.0 Å². The van der Waals surface area contributed by atoms with Gasteiger partial charge in [0, 0.05) is 18.7 Å². The molecule has 1 aromatic heterocycles. The van der Waals surface area contributed by atoms with E-state index in [0.29, 0.717) is 18.7 Å². The predicted octanol–water partition coefficient (Wildman–Crippen LogP) is 3.83. The average Bonchev–Trinajstić information content (AvgIpc) is 2.74. The summed E-state index contributed by atoms with van der Waals surface area (Å²) >= 11 is 0. The number of nitrogens with zero attached hydrogens (tertiary/aromatic N) is 3. The van der Waals surface area contributed by atoms with Gasteiger partial charge in [0.1, 0.15) is 0 Å². The first-order valence-electron chi connectivity index (χ1n) is 9.80. The van der Waals surface area contributed by atoms with Crippen molar-refractivity contribution >= 4 is 16.9 Å². The number of hydrogen-bond donors (Lipinski definition) is 1. The molecule has 0 aliphatic carbocycles. The quantitative estimate of drug-likeness (QED) is 0.755. The van der Waals surface area contributed by atoms with Crippen LogP contribution in [0.5, 0.6) is 0 Å². The normalized spacial score (nSPS) is 16.3. The Kier molecular flexibility index (Phi) is 5.09. The standard InChI is InChI=1S/C23H25N3O2/c1-15-16(2)25-21-14-19(8-9-20(21)24-15)23(28)26-12-10-18(11-13-26)22(27)17-6-4-3-5-7-17/h3-9,14,18,22,27H,10-13H2,1-2H3/t22-/m0/s1. The van der Waals surface area contributed by atoms with Crippen molar-refractivity contribution in [1.29, 1.82) is 0 Å². The zero-order valence-electron chi connectivity index (χ0n) is 16.3. The van der Waals surface area contributed by atoms with Gasteiger partial charge in [0.05, 0.1) is 28.5 Å². The van der Waals surface area contributed by atoms with E-state index in [0.717, 1.165) is 40.8 Å². The molecule has 1 saturated heterocycles. The molecule has 1 fully saturated rings. The molecule has 2 heterocycles. The number of piperidine rings is 1. The summed E-state index contributed by atoms with van der Waals surface area (Å²) in [7, 11) is 0. The second kappa shape index (κ2) is 7.68. The van der Waals surface area contributed by atoms with Gasteiger partial charge in [-0.05, 0) is 56.4 Å². The predicted molar refractivity (Wildman–Crippen MR) is 109 cm³/mol. The lowest BCUT2D eigenvalue weighted by Crippen LogP contribution is -2.39. The molecule has 0 unspecified atom stereocenters. The first kappa shape index (κ1) is 18.6. The molecule has 4 rings (SSSR count). The number of likely N-dealkylation sites (tertiary alicyclic amines) is 1. The van der Waals surface area contributed by atoms with Crippen molar-refractivity contribution < 1.29 is 9.90 Å². The molecule has 5 heteroatoms. The molecule has 0 spiro atoms. The molecule has 0 saturated carbocycles. The maximum Gasteiger partial charge on any atom is 0.253 e. The van der Waals surface area contributed by atoms with Gasteiger partial charge in [-0.2, -0.15) is 0 Å². The van der Waals surface area contributed by atoms with Crippen LogP contribution in [0, 0.1) is 19.8 Å². The second-order valence-corrected chi connectivity index (χ2v) is 7.58. The van der Waals surface area contributed by atoms with E-state index in [1.165, 1.54) is 0 Å². The van der Waals surface area contributed by atoms with Crippen molar-refractivity contribution in [2.75, 3.05) is 13.1 Å². The molecular formula is C23H25N3O2. The van der Waals surface area contributed by atoms with Gasteiger partial charge in [-0.15, -0.1) is 0 Å². The largest absolute Gasteiger partial charge is 0.388 e. The molecule has 1 amide bonds. The maximum atomic E-state index is 13.0. The molecule has 1 aliphatic heterocycles. The highest BCUT2D eigenvalue weighted by atomic mass is 16.3. The van der Waals surface area contributed by atoms with Crippen LogP contribution in [-0.4, -0.2) is 39.0 Å². The molecule has 0 radical (unpaired) electrons. The Labute approximate surface area is 165 Å². The van der Waals surface area contributed by atoms with Gasteiger partial charge in [-0.25, -0.2) is 9.97 Å². The lowest BCUT2D eigenvalue weighted by atomic mass is 9.87. The third kappa shape index (κ3) is 3.62. The van der Waals surface area contributed by atoms with Gasteiger partial charge < -0.3 is 10.0 Å². The van der Waals surface area contributed by atoms with E-state index in [9.17, 15) is 9.90 Å². The molecule has 2 aromatic carbocycles. The minimum absolute atomic E-state index is 0.0228. The van der Waals surface area contributed by atoms with Gasteiger partial charge in [0.25, 0.3) is 5.91 Å². The highest BCUT2D eigenvalue weighted by Gasteiger charge is 2.28. The molecular weight excluding hydrogens is 350 g/mol. The van der Waals surface area contributed by atoms with Gasteiger partial charge in [-0.3, -0.25) is 4.79 Å². The molecule has 5 nitrogen and oxygen atoms in total. The minimum atomic E-state index is -0.472. The number of carbonyl (C=O) groups excluding carboxylic acids is 1. The van der Waals surface area contributed by atoms with Crippen LogP contribution in [0.1, 0.15) is 46.3 Å². The fourth-order valence-electron chi connectivity index (χ4n) is 3.89. The number of carbonyl (C=O) groups is 1. The zero-order chi connectivity index (χ0) is 19.7. The summed E-state index contributed by atoms with van der Waals surface area (Å²) in [4.78, 5) is 23.9. The van der Waals surface area contributed by atoms with Gasteiger partial charge >= 0.3 is 0 Å². The number of aromatic nitrogens is 2. The van der Waals surface area contributed by atoms with Crippen LogP contribution in [0.15, 0.2) is 48.5 Å². The summed E-state index contributed by atoms with van der Waals surface area (Å²) in [6.07, 6.45) is 1.13. The van der Waals surface area contributed by atoms with E-state index in [2.05, 4.69) is 9.97 Å². The minimum Gasteiger partial charge on any atom is -0.388 e. The molecule has 1 atom stereocenters. The van der Waals surface area contributed by atoms with Crippen molar-refractivity contribution in [3.05, 3.63) is 71.0 Å². The van der Waals surface area contributed by atoms with Crippen LogP contribution in [0.3, 0.4) is 0 Å². The number of benzene rings is 2. The highest BCUT2D eigenvalue weighted by molar-refractivity contribution is 5.97. The first-order valence-corrected chi connectivity index (χ1v) is 9.80. The molecule has 28 heavy (non-hydrogen) atoms. The molecule has 1 N–H and O–H groups in total. The Balaban J connectivity index is 1.45. The lowest BCUT2D eigenvalue weighted by molar-refractivity contribution is 0.0462. The number of aliphatic hydroxyl groups excluding tert-OH is 1. The van der Waals surface area contributed by atoms with E-state index in [-0.39, 0.29) is 11.8 Å². The first-order chi connectivity index (χ1) is 13.5. The van der Waals surface area contributed by atoms with Crippen molar-refractivity contribution in [2.45, 2.75) is 32.8 Å². The summed E-state index contributed by atoms with van der Waals surface area (Å²) in [5.41, 5.74) is 4.95. The van der Waals surface area contributed by atoms with Gasteiger partial charge in [-0.1, -0.05) is 30.3 Å². The molecule has 1 aliphatic rings. The molecule has 0 bridgehead atoms. The number of rotatable bonds is 3. The van der Waals surface area contributed by atoms with E-state index in [4.69, 9.17) is 0 Å². The Morgan fingerprint density at radius 2 is 1.64 bits per heavy atom. The second-order valence-electron chi connectivity index (χ2n) is 7.58. The Hall–Kier alpha value is -2.79. The van der Waals surface area contributed by atoms with Crippen LogP contribution in [0.4, 0.5) is 0 Å². The Morgan fingerprint density at radius 3 is 2.32 bits per heavy atom. The Bertz CT molecular complexity index is 995. The average molecular weight is 375 g/mol. The summed E-state index contributed by atoms with van der Waals surface area (Å²) < 4.78 is 0. The summed E-state index contributed by atoms with van der Waals surface area (Å²) in [6.45, 7) is 5.18. The maximum absolute atomic E-state index is 13.0. The SMILES string of the molecule is Cc1nc2ccc(C(=O)N3CCC([C@@H](O)c4ccccc4)CC3)cc2nc1C. The number of amides is 1. The van der Waals surface area contributed by atoms with Crippen molar-refractivity contribution in [3.63, 3.8) is 0 Å². The van der Waals surface area contributed by atoms with Crippen LogP contribution in [0.2, 0.25) is 0 Å². The van der Waals surface area contributed by atoms with E-state index < -0.39 is 6.10 Å².